The third-order valence-electron chi connectivity index (χ3n) is 3.98. The molecule has 1 atom stereocenters. The third-order valence-corrected chi connectivity index (χ3v) is 5.24. The van der Waals surface area contributed by atoms with Crippen molar-refractivity contribution in [1.29, 1.82) is 0 Å². The zero-order chi connectivity index (χ0) is 19.6. The molecule has 0 aliphatic rings. The highest BCUT2D eigenvalue weighted by atomic mass is 127. The van der Waals surface area contributed by atoms with Gasteiger partial charge in [0.25, 0.3) is 0 Å². The first kappa shape index (κ1) is 25.1. The van der Waals surface area contributed by atoms with Gasteiger partial charge in [0.2, 0.25) is 0 Å². The van der Waals surface area contributed by atoms with Crippen molar-refractivity contribution in [3.05, 3.63) is 47.2 Å². The van der Waals surface area contributed by atoms with Gasteiger partial charge in [0.1, 0.15) is 0 Å². The highest BCUT2D eigenvalue weighted by Gasteiger charge is 2.15. The summed E-state index contributed by atoms with van der Waals surface area (Å²) in [6.07, 6.45) is 3.95. The summed E-state index contributed by atoms with van der Waals surface area (Å²) in [6, 6.07) is 8.12. The number of likely N-dealkylation sites (N-methyl/N-ethyl adjacent to an activating group) is 1. The Balaban J connectivity index is 0.00000392. The number of aromatic nitrogens is 2. The number of hydrogen-bond acceptors (Lipinski definition) is 4. The molecule has 9 heteroatoms. The van der Waals surface area contributed by atoms with Crippen LogP contribution in [0.5, 0.6) is 0 Å². The molecule has 28 heavy (non-hydrogen) atoms. The van der Waals surface area contributed by atoms with Crippen LogP contribution in [-0.4, -0.2) is 60.1 Å². The Morgan fingerprint density at radius 1 is 1.29 bits per heavy atom. The number of guanidine groups is 1. The maximum absolute atomic E-state index is 5.92. The number of nitrogens with one attached hydrogen (secondary N) is 2. The standard InChI is InChI=1S/C19H29ClN6S.HI/c1-5-21-19(22-10-11-27-17-8-6-16(20)7-9-17)23-13-18(25(2)3)15-12-24-26(4)14-15;/h6-9,12,14,18H,5,10-11,13H2,1-4H3,(H2,21,22,23);1H. The van der Waals surface area contributed by atoms with Crippen molar-refractivity contribution in [3.63, 3.8) is 0 Å². The monoisotopic (exact) mass is 536 g/mol. The zero-order valence-corrected chi connectivity index (χ0v) is 20.8. The first-order chi connectivity index (χ1) is 13.0. The lowest BCUT2D eigenvalue weighted by molar-refractivity contribution is 0.306. The number of benzene rings is 1. The van der Waals surface area contributed by atoms with Gasteiger partial charge < -0.3 is 15.5 Å². The van der Waals surface area contributed by atoms with Gasteiger partial charge in [-0.15, -0.1) is 35.7 Å². The fraction of sp³-hybridized carbons (Fsp3) is 0.474. The highest BCUT2D eigenvalue weighted by molar-refractivity contribution is 14.0. The molecule has 1 aromatic carbocycles. The Hall–Kier alpha value is -0.970. The third kappa shape index (κ3) is 8.59. The van der Waals surface area contributed by atoms with Gasteiger partial charge in [-0.2, -0.15) is 5.10 Å². The molecule has 1 unspecified atom stereocenters. The van der Waals surface area contributed by atoms with Crippen LogP contribution < -0.4 is 10.6 Å². The fourth-order valence-electron chi connectivity index (χ4n) is 2.57. The summed E-state index contributed by atoms with van der Waals surface area (Å²) in [6.45, 7) is 4.40. The average molecular weight is 537 g/mol. The fourth-order valence-corrected chi connectivity index (χ4v) is 3.46. The van der Waals surface area contributed by atoms with Crippen molar-refractivity contribution in [2.45, 2.75) is 17.9 Å². The second-order valence-electron chi connectivity index (χ2n) is 6.38. The Morgan fingerprint density at radius 3 is 2.57 bits per heavy atom. The number of halogens is 2. The summed E-state index contributed by atoms with van der Waals surface area (Å²) in [5.41, 5.74) is 1.17. The number of thioether (sulfide) groups is 1. The highest BCUT2D eigenvalue weighted by Crippen LogP contribution is 2.20. The summed E-state index contributed by atoms with van der Waals surface area (Å²) in [7, 11) is 6.07. The number of aliphatic imine (C=N–C) groups is 1. The molecule has 0 saturated carbocycles. The summed E-state index contributed by atoms with van der Waals surface area (Å²) < 4.78 is 1.83. The van der Waals surface area contributed by atoms with Crippen LogP contribution in [0.25, 0.3) is 0 Å². The Labute approximate surface area is 194 Å². The van der Waals surface area contributed by atoms with Gasteiger partial charge in [-0.25, -0.2) is 0 Å². The normalized spacial score (nSPS) is 12.6. The van der Waals surface area contributed by atoms with E-state index in [2.05, 4.69) is 41.7 Å². The van der Waals surface area contributed by atoms with Crippen LogP contribution >= 0.6 is 47.3 Å². The molecule has 0 aliphatic heterocycles. The van der Waals surface area contributed by atoms with E-state index in [9.17, 15) is 0 Å². The molecular weight excluding hydrogens is 507 g/mol. The molecule has 0 aliphatic carbocycles. The van der Waals surface area contributed by atoms with E-state index in [-0.39, 0.29) is 30.0 Å². The molecule has 0 radical (unpaired) electrons. The van der Waals surface area contributed by atoms with E-state index in [1.54, 1.807) is 11.8 Å². The largest absolute Gasteiger partial charge is 0.357 e. The van der Waals surface area contributed by atoms with Crippen LogP contribution in [0, 0.1) is 0 Å². The molecule has 2 rings (SSSR count). The van der Waals surface area contributed by atoms with Crippen LogP contribution in [-0.2, 0) is 7.05 Å². The average Bonchev–Trinajstić information content (AvgIpc) is 3.06. The molecular formula is C19H30ClIN6S. The van der Waals surface area contributed by atoms with Crippen LogP contribution in [0.4, 0.5) is 0 Å². The number of hydrogen-bond donors (Lipinski definition) is 2. The topological polar surface area (TPSA) is 57.5 Å². The minimum absolute atomic E-state index is 0. The van der Waals surface area contributed by atoms with E-state index in [1.165, 1.54) is 10.5 Å². The smallest absolute Gasteiger partial charge is 0.191 e. The molecule has 6 nitrogen and oxygen atoms in total. The predicted octanol–water partition coefficient (Wildman–Crippen LogP) is 3.64. The van der Waals surface area contributed by atoms with Gasteiger partial charge in [-0.1, -0.05) is 11.6 Å². The lowest BCUT2D eigenvalue weighted by Crippen LogP contribution is -2.39. The van der Waals surface area contributed by atoms with E-state index in [1.807, 2.05) is 48.4 Å². The molecule has 0 amide bonds. The lowest BCUT2D eigenvalue weighted by atomic mass is 10.1. The van der Waals surface area contributed by atoms with Crippen LogP contribution in [0.15, 0.2) is 46.5 Å². The minimum atomic E-state index is 0. The molecule has 0 fully saturated rings. The van der Waals surface area contributed by atoms with E-state index >= 15 is 0 Å². The van der Waals surface area contributed by atoms with Crippen molar-refractivity contribution < 1.29 is 0 Å². The molecule has 0 spiro atoms. The van der Waals surface area contributed by atoms with Gasteiger partial charge in [-0.05, 0) is 45.3 Å². The first-order valence-corrected chi connectivity index (χ1v) is 10.4. The molecule has 156 valence electrons. The van der Waals surface area contributed by atoms with Gasteiger partial charge >= 0.3 is 0 Å². The summed E-state index contributed by atoms with van der Waals surface area (Å²) in [4.78, 5) is 8.15. The van der Waals surface area contributed by atoms with E-state index in [0.717, 1.165) is 29.8 Å². The first-order valence-electron chi connectivity index (χ1n) is 9.05. The maximum Gasteiger partial charge on any atom is 0.191 e. The van der Waals surface area contributed by atoms with E-state index < -0.39 is 0 Å². The van der Waals surface area contributed by atoms with Crippen molar-refractivity contribution in [2.24, 2.45) is 12.0 Å². The summed E-state index contributed by atoms with van der Waals surface area (Å²) in [5.74, 6) is 1.79. The van der Waals surface area contributed by atoms with Gasteiger partial charge in [-0.3, -0.25) is 9.67 Å². The van der Waals surface area contributed by atoms with Crippen molar-refractivity contribution in [3.8, 4) is 0 Å². The number of nitrogens with zero attached hydrogens (tertiary/aromatic N) is 4. The lowest BCUT2D eigenvalue weighted by Gasteiger charge is -2.22. The minimum Gasteiger partial charge on any atom is -0.357 e. The summed E-state index contributed by atoms with van der Waals surface area (Å²) >= 11 is 7.72. The summed E-state index contributed by atoms with van der Waals surface area (Å²) in [5, 5.41) is 11.8. The van der Waals surface area contributed by atoms with E-state index in [4.69, 9.17) is 16.6 Å². The second-order valence-corrected chi connectivity index (χ2v) is 7.98. The van der Waals surface area contributed by atoms with E-state index in [0.29, 0.717) is 6.54 Å². The quantitative estimate of drug-likeness (QED) is 0.169. The van der Waals surface area contributed by atoms with Crippen molar-refractivity contribution >= 4 is 53.3 Å². The Bertz CT molecular complexity index is 719. The zero-order valence-electron chi connectivity index (χ0n) is 16.9. The van der Waals surface area contributed by atoms with Gasteiger partial charge in [0, 0.05) is 47.6 Å². The Kier molecular flexibility index (Phi) is 11.9. The molecule has 1 aromatic heterocycles. The van der Waals surface area contributed by atoms with Gasteiger partial charge in [0.15, 0.2) is 5.96 Å². The molecule has 2 N–H and O–H groups in total. The van der Waals surface area contributed by atoms with Crippen LogP contribution in [0.1, 0.15) is 18.5 Å². The van der Waals surface area contributed by atoms with Crippen molar-refractivity contribution in [2.75, 3.05) is 39.5 Å². The molecule has 0 bridgehead atoms. The molecule has 2 aromatic rings. The Morgan fingerprint density at radius 2 is 2.00 bits per heavy atom. The number of aryl methyl sites for hydroxylation is 1. The van der Waals surface area contributed by atoms with Crippen LogP contribution in [0.2, 0.25) is 5.02 Å². The molecule has 0 saturated heterocycles. The predicted molar refractivity (Wildman–Crippen MR) is 131 cm³/mol. The van der Waals surface area contributed by atoms with Gasteiger partial charge in [0.05, 0.1) is 18.8 Å². The van der Waals surface area contributed by atoms with Crippen molar-refractivity contribution in [1.82, 2.24) is 25.3 Å². The molecule has 1 heterocycles. The second kappa shape index (κ2) is 13.3. The number of rotatable bonds is 9. The van der Waals surface area contributed by atoms with Crippen LogP contribution in [0.3, 0.4) is 0 Å². The SMILES string of the molecule is CCNC(=NCC(c1cnn(C)c1)N(C)C)NCCSc1ccc(Cl)cc1.I. The maximum atomic E-state index is 5.92.